The third-order valence-electron chi connectivity index (χ3n) is 4.41. The minimum Gasteiger partial charge on any atom is -0.496 e. The van der Waals surface area contributed by atoms with Crippen molar-refractivity contribution in [1.82, 2.24) is 0 Å². The largest absolute Gasteiger partial charge is 0.496 e. The highest BCUT2D eigenvalue weighted by atomic mass is 32.1. The van der Waals surface area contributed by atoms with Crippen LogP contribution in [0.25, 0.3) is 0 Å². The van der Waals surface area contributed by atoms with E-state index in [4.69, 9.17) is 4.74 Å². The third-order valence-corrected chi connectivity index (χ3v) is 4.76. The van der Waals surface area contributed by atoms with Gasteiger partial charge in [-0.05, 0) is 30.2 Å². The molecule has 6 nitrogen and oxygen atoms in total. The predicted octanol–water partition coefficient (Wildman–Crippen LogP) is 3.07. The molecule has 1 heterocycles. The standard InChI is InChI=1S/C20H20N2O4S/c1-26-17-9-5-3-7-14(17)19(23)22-16-8-4-2-6-13(16)10-11-18(22)21-15(12-27)20(24)25/h2-9,15,27H,10-12H2,1H3,(H,24,25)/t15-/m1/s1. The van der Waals surface area contributed by atoms with Crippen molar-refractivity contribution in [3.63, 3.8) is 0 Å². The number of rotatable bonds is 5. The average Bonchev–Trinajstić information content (AvgIpc) is 2.70. The van der Waals surface area contributed by atoms with Crippen molar-refractivity contribution in [3.8, 4) is 5.75 Å². The first-order valence-electron chi connectivity index (χ1n) is 8.52. The fourth-order valence-corrected chi connectivity index (χ4v) is 3.32. The maximum atomic E-state index is 13.4. The molecule has 1 aliphatic heterocycles. The van der Waals surface area contributed by atoms with E-state index in [1.807, 2.05) is 24.3 Å². The number of aliphatic carboxylic acids is 1. The van der Waals surface area contributed by atoms with Gasteiger partial charge in [0.15, 0.2) is 6.04 Å². The quantitative estimate of drug-likeness (QED) is 0.777. The summed E-state index contributed by atoms with van der Waals surface area (Å²) in [5, 5.41) is 9.34. The average molecular weight is 384 g/mol. The molecule has 0 aliphatic carbocycles. The van der Waals surface area contributed by atoms with E-state index in [-0.39, 0.29) is 11.7 Å². The summed E-state index contributed by atoms with van der Waals surface area (Å²) >= 11 is 4.08. The van der Waals surface area contributed by atoms with E-state index in [0.717, 1.165) is 5.56 Å². The number of nitrogens with zero attached hydrogens (tertiary/aromatic N) is 2. The molecule has 0 unspecified atom stereocenters. The molecular formula is C20H20N2O4S. The molecule has 2 aromatic carbocycles. The van der Waals surface area contributed by atoms with Crippen LogP contribution in [0, 0.1) is 0 Å². The Labute approximate surface area is 162 Å². The molecule has 1 amide bonds. The molecule has 0 spiro atoms. The summed E-state index contributed by atoms with van der Waals surface area (Å²) < 4.78 is 5.33. The van der Waals surface area contributed by atoms with Crippen LogP contribution in [0.1, 0.15) is 22.3 Å². The Balaban J connectivity index is 2.12. The van der Waals surface area contributed by atoms with Crippen molar-refractivity contribution in [2.75, 3.05) is 17.8 Å². The number of benzene rings is 2. The fraction of sp³-hybridized carbons (Fsp3) is 0.250. The lowest BCUT2D eigenvalue weighted by atomic mass is 9.99. The van der Waals surface area contributed by atoms with Crippen LogP contribution in [0.2, 0.25) is 0 Å². The summed E-state index contributed by atoms with van der Waals surface area (Å²) in [5.41, 5.74) is 2.11. The highest BCUT2D eigenvalue weighted by Crippen LogP contribution is 2.31. The number of fused-ring (bicyclic) bond motifs is 1. The van der Waals surface area contributed by atoms with Crippen molar-refractivity contribution in [1.29, 1.82) is 0 Å². The molecule has 1 atom stereocenters. The Hall–Kier alpha value is -2.80. The zero-order valence-electron chi connectivity index (χ0n) is 14.8. The van der Waals surface area contributed by atoms with Gasteiger partial charge in [-0.1, -0.05) is 30.3 Å². The summed E-state index contributed by atoms with van der Waals surface area (Å²) in [4.78, 5) is 30.6. The Bertz CT molecular complexity index is 897. The summed E-state index contributed by atoms with van der Waals surface area (Å²) in [6.45, 7) is 0. The number of carboxylic acids is 1. The Kier molecular flexibility index (Phi) is 5.81. The van der Waals surface area contributed by atoms with Gasteiger partial charge in [-0.25, -0.2) is 4.79 Å². The van der Waals surface area contributed by atoms with Gasteiger partial charge in [0.2, 0.25) is 0 Å². The van der Waals surface area contributed by atoms with E-state index in [2.05, 4.69) is 17.6 Å². The maximum Gasteiger partial charge on any atom is 0.329 e. The molecule has 0 fully saturated rings. The molecule has 7 heteroatoms. The molecule has 3 rings (SSSR count). The van der Waals surface area contributed by atoms with Crippen molar-refractivity contribution >= 4 is 36.0 Å². The van der Waals surface area contributed by atoms with E-state index in [9.17, 15) is 14.7 Å². The number of methoxy groups -OCH3 is 1. The molecule has 0 bridgehead atoms. The normalized spacial score (nSPS) is 15.9. The fourth-order valence-electron chi connectivity index (χ4n) is 3.08. The SMILES string of the molecule is COc1ccccc1C(=O)N1C(=N[C@H](CS)C(=O)O)CCc2ccccc21. The Morgan fingerprint density at radius 2 is 1.89 bits per heavy atom. The van der Waals surface area contributed by atoms with Crippen LogP contribution in [0.4, 0.5) is 5.69 Å². The van der Waals surface area contributed by atoms with Crippen LogP contribution >= 0.6 is 12.6 Å². The van der Waals surface area contributed by atoms with Crippen molar-refractivity contribution in [2.24, 2.45) is 4.99 Å². The van der Waals surface area contributed by atoms with Gasteiger partial charge in [-0.2, -0.15) is 12.6 Å². The lowest BCUT2D eigenvalue weighted by Gasteiger charge is -2.31. The molecule has 2 aromatic rings. The number of carbonyl (C=O) groups is 2. The number of aliphatic imine (C=N–C) groups is 1. The minimum atomic E-state index is -1.07. The van der Waals surface area contributed by atoms with Gasteiger partial charge < -0.3 is 9.84 Å². The lowest BCUT2D eigenvalue weighted by molar-refractivity contribution is -0.137. The number of ether oxygens (including phenoxy) is 1. The molecule has 140 valence electrons. The number of hydrogen-bond acceptors (Lipinski definition) is 5. The second kappa shape index (κ2) is 8.26. The van der Waals surface area contributed by atoms with Gasteiger partial charge in [0, 0.05) is 12.2 Å². The monoisotopic (exact) mass is 384 g/mol. The first-order chi connectivity index (χ1) is 13.1. The van der Waals surface area contributed by atoms with Crippen molar-refractivity contribution < 1.29 is 19.4 Å². The van der Waals surface area contributed by atoms with Crippen molar-refractivity contribution in [3.05, 3.63) is 59.7 Å². The number of thiol groups is 1. The number of hydrogen-bond donors (Lipinski definition) is 2. The minimum absolute atomic E-state index is 0.0527. The molecule has 1 aliphatic rings. The van der Waals surface area contributed by atoms with Gasteiger partial charge >= 0.3 is 5.97 Å². The van der Waals surface area contributed by atoms with Crippen LogP contribution in [0.5, 0.6) is 5.75 Å². The van der Waals surface area contributed by atoms with E-state index >= 15 is 0 Å². The molecule has 1 N–H and O–H groups in total. The smallest absolute Gasteiger partial charge is 0.329 e. The Morgan fingerprint density at radius 3 is 2.59 bits per heavy atom. The van der Waals surface area contributed by atoms with Gasteiger partial charge in [0.05, 0.1) is 18.4 Å². The van der Waals surface area contributed by atoms with E-state index in [1.165, 1.54) is 12.0 Å². The van der Waals surface area contributed by atoms with Crippen molar-refractivity contribution in [2.45, 2.75) is 18.9 Å². The zero-order chi connectivity index (χ0) is 19.4. The molecule has 0 saturated carbocycles. The molecule has 0 saturated heterocycles. The second-order valence-corrected chi connectivity index (χ2v) is 6.42. The number of aryl methyl sites for hydroxylation is 1. The highest BCUT2D eigenvalue weighted by molar-refractivity contribution is 7.80. The summed E-state index contributed by atoms with van der Waals surface area (Å²) in [5.74, 6) is -0.445. The first-order valence-corrected chi connectivity index (χ1v) is 9.15. The van der Waals surface area contributed by atoms with E-state index in [0.29, 0.717) is 35.7 Å². The van der Waals surface area contributed by atoms with Crippen LogP contribution in [0.15, 0.2) is 53.5 Å². The number of carboxylic acid groups (broad SMARTS) is 1. The first kappa shape index (κ1) is 19.0. The Morgan fingerprint density at radius 1 is 1.19 bits per heavy atom. The second-order valence-electron chi connectivity index (χ2n) is 6.05. The number of amidine groups is 1. The van der Waals surface area contributed by atoms with Gasteiger partial charge in [0.1, 0.15) is 11.6 Å². The van der Waals surface area contributed by atoms with Gasteiger partial charge in [-0.3, -0.25) is 14.7 Å². The number of para-hydroxylation sites is 2. The molecule has 0 radical (unpaired) electrons. The van der Waals surface area contributed by atoms with Gasteiger partial charge in [-0.15, -0.1) is 0 Å². The number of amides is 1. The van der Waals surface area contributed by atoms with E-state index < -0.39 is 12.0 Å². The molecule has 0 aromatic heterocycles. The van der Waals surface area contributed by atoms with Crippen LogP contribution in [0.3, 0.4) is 0 Å². The molecular weight excluding hydrogens is 364 g/mol. The van der Waals surface area contributed by atoms with Crippen LogP contribution in [-0.4, -0.2) is 41.7 Å². The highest BCUT2D eigenvalue weighted by Gasteiger charge is 2.31. The third kappa shape index (κ3) is 3.83. The van der Waals surface area contributed by atoms with Gasteiger partial charge in [0.25, 0.3) is 5.91 Å². The van der Waals surface area contributed by atoms with E-state index in [1.54, 1.807) is 24.3 Å². The zero-order valence-corrected chi connectivity index (χ0v) is 15.7. The summed E-state index contributed by atoms with van der Waals surface area (Å²) in [6, 6.07) is 13.5. The number of anilines is 1. The molecule has 27 heavy (non-hydrogen) atoms. The maximum absolute atomic E-state index is 13.4. The van der Waals surface area contributed by atoms with Crippen LogP contribution < -0.4 is 9.64 Å². The summed E-state index contributed by atoms with van der Waals surface area (Å²) in [7, 11) is 1.51. The topological polar surface area (TPSA) is 79.2 Å². The summed E-state index contributed by atoms with van der Waals surface area (Å²) in [6.07, 6.45) is 1.15. The lowest BCUT2D eigenvalue weighted by Crippen LogP contribution is -2.42. The number of carbonyl (C=O) groups excluding carboxylic acids is 1. The van der Waals surface area contributed by atoms with Crippen LogP contribution in [-0.2, 0) is 11.2 Å². The predicted molar refractivity (Wildman–Crippen MR) is 107 cm³/mol.